The molecule has 47 heavy (non-hydrogen) atoms. The van der Waals surface area contributed by atoms with Crippen LogP contribution in [0.15, 0.2) is 106 Å². The molecule has 4 aromatic rings. The van der Waals surface area contributed by atoms with Gasteiger partial charge in [-0.05, 0) is 85.1 Å². The standard InChI is InChI=1S/C35H36BrCl2N3O5S/c1-3-20-39-35(43)33(21-25-8-6-5-7-9-25)40(23-26-10-13-28(37)22-32(26)38)34(42)24-41(29-14-16-30(17-15-29)46-4-2)47(44,45)31-18-11-27(36)12-19-31/h5-19,22,33H,3-4,20-21,23-24H2,1-2H3,(H,39,43)/t33-/m1/s1. The van der Waals surface area contributed by atoms with E-state index in [4.69, 9.17) is 27.9 Å². The third kappa shape index (κ3) is 9.73. The molecule has 0 aromatic heterocycles. The molecule has 0 fully saturated rings. The Kier molecular flexibility index (Phi) is 13.1. The number of nitrogens with one attached hydrogen (secondary N) is 1. The Morgan fingerprint density at radius 1 is 0.915 bits per heavy atom. The number of hydrogen-bond donors (Lipinski definition) is 1. The number of amides is 2. The molecule has 8 nitrogen and oxygen atoms in total. The predicted octanol–water partition coefficient (Wildman–Crippen LogP) is 7.52. The Hall–Kier alpha value is -3.57. The molecule has 0 saturated heterocycles. The summed E-state index contributed by atoms with van der Waals surface area (Å²) in [6.07, 6.45) is 0.883. The summed E-state index contributed by atoms with van der Waals surface area (Å²) in [7, 11) is -4.25. The molecule has 0 unspecified atom stereocenters. The van der Waals surface area contributed by atoms with Gasteiger partial charge in [0, 0.05) is 34.0 Å². The molecule has 0 bridgehead atoms. The van der Waals surface area contributed by atoms with Crippen molar-refractivity contribution < 1.29 is 22.7 Å². The molecule has 2 amide bonds. The van der Waals surface area contributed by atoms with Crippen molar-refractivity contribution in [2.75, 3.05) is 24.0 Å². The maximum absolute atomic E-state index is 14.6. The zero-order valence-corrected chi connectivity index (χ0v) is 29.9. The van der Waals surface area contributed by atoms with E-state index in [2.05, 4.69) is 21.2 Å². The Labute approximate surface area is 294 Å². The van der Waals surface area contributed by atoms with Crippen molar-refractivity contribution in [3.63, 3.8) is 0 Å². The van der Waals surface area contributed by atoms with Crippen LogP contribution < -0.4 is 14.4 Å². The topological polar surface area (TPSA) is 96.0 Å². The molecule has 0 spiro atoms. The highest BCUT2D eigenvalue weighted by Crippen LogP contribution is 2.29. The fourth-order valence-corrected chi connectivity index (χ4v) is 7.04. The summed E-state index contributed by atoms with van der Waals surface area (Å²) in [6, 6.07) is 25.9. The first kappa shape index (κ1) is 36.3. The van der Waals surface area contributed by atoms with Crippen molar-refractivity contribution in [2.45, 2.75) is 44.2 Å². The van der Waals surface area contributed by atoms with Crippen LogP contribution in [0.2, 0.25) is 10.0 Å². The van der Waals surface area contributed by atoms with Crippen LogP contribution in [0, 0.1) is 0 Å². The number of ether oxygens (including phenoxy) is 1. The molecule has 1 atom stereocenters. The number of rotatable bonds is 15. The van der Waals surface area contributed by atoms with E-state index in [0.717, 1.165) is 9.87 Å². The summed E-state index contributed by atoms with van der Waals surface area (Å²) in [4.78, 5) is 29.7. The fraction of sp³-hybridized carbons (Fsp3) is 0.257. The summed E-state index contributed by atoms with van der Waals surface area (Å²) in [5, 5.41) is 3.66. The summed E-state index contributed by atoms with van der Waals surface area (Å²) in [5.41, 5.74) is 1.63. The third-order valence-electron chi connectivity index (χ3n) is 7.29. The molecular weight excluding hydrogens is 725 g/mol. The van der Waals surface area contributed by atoms with Gasteiger partial charge in [0.2, 0.25) is 11.8 Å². The summed E-state index contributed by atoms with van der Waals surface area (Å²) >= 11 is 16.1. The molecule has 0 radical (unpaired) electrons. The Morgan fingerprint density at radius 3 is 2.21 bits per heavy atom. The highest BCUT2D eigenvalue weighted by molar-refractivity contribution is 9.10. The SMILES string of the molecule is CCCNC(=O)[C@@H](Cc1ccccc1)N(Cc1ccc(Cl)cc1Cl)C(=O)CN(c1ccc(OCC)cc1)S(=O)(=O)c1ccc(Br)cc1. The molecule has 0 aliphatic carbocycles. The first-order valence-corrected chi connectivity index (χ1v) is 18.1. The summed E-state index contributed by atoms with van der Waals surface area (Å²) in [6.45, 7) is 3.96. The van der Waals surface area contributed by atoms with Gasteiger partial charge >= 0.3 is 0 Å². The second kappa shape index (κ2) is 17.0. The molecule has 4 aromatic carbocycles. The number of halogens is 3. The van der Waals surface area contributed by atoms with Crippen LogP contribution in [0.4, 0.5) is 5.69 Å². The quantitative estimate of drug-likeness (QED) is 0.135. The number of carbonyl (C=O) groups is 2. The van der Waals surface area contributed by atoms with E-state index in [0.29, 0.717) is 45.4 Å². The van der Waals surface area contributed by atoms with Crippen LogP contribution >= 0.6 is 39.1 Å². The number of hydrogen-bond acceptors (Lipinski definition) is 5. The predicted molar refractivity (Wildman–Crippen MR) is 191 cm³/mol. The Morgan fingerprint density at radius 2 is 1.60 bits per heavy atom. The zero-order valence-electron chi connectivity index (χ0n) is 26.0. The van der Waals surface area contributed by atoms with Crippen LogP contribution in [-0.4, -0.2) is 50.9 Å². The number of anilines is 1. The first-order chi connectivity index (χ1) is 22.5. The van der Waals surface area contributed by atoms with Crippen molar-refractivity contribution in [3.8, 4) is 5.75 Å². The van der Waals surface area contributed by atoms with E-state index in [9.17, 15) is 18.0 Å². The van der Waals surface area contributed by atoms with Crippen LogP contribution in [-0.2, 0) is 32.6 Å². The van der Waals surface area contributed by atoms with Gasteiger partial charge in [-0.1, -0.05) is 82.5 Å². The molecule has 0 saturated carbocycles. The minimum atomic E-state index is -4.25. The van der Waals surface area contributed by atoms with E-state index in [1.54, 1.807) is 54.6 Å². The number of carbonyl (C=O) groups excluding carboxylic acids is 2. The van der Waals surface area contributed by atoms with Gasteiger partial charge in [0.25, 0.3) is 10.0 Å². The highest BCUT2D eigenvalue weighted by Gasteiger charge is 2.35. The molecule has 0 heterocycles. The molecule has 4 rings (SSSR count). The van der Waals surface area contributed by atoms with Crippen LogP contribution in [0.5, 0.6) is 5.75 Å². The van der Waals surface area contributed by atoms with Gasteiger partial charge in [-0.25, -0.2) is 8.42 Å². The maximum Gasteiger partial charge on any atom is 0.264 e. The van der Waals surface area contributed by atoms with Gasteiger partial charge in [-0.3, -0.25) is 13.9 Å². The minimum Gasteiger partial charge on any atom is -0.494 e. The monoisotopic (exact) mass is 759 g/mol. The van der Waals surface area contributed by atoms with Crippen LogP contribution in [0.1, 0.15) is 31.4 Å². The molecule has 0 aliphatic heterocycles. The second-order valence-electron chi connectivity index (χ2n) is 10.6. The smallest absolute Gasteiger partial charge is 0.264 e. The molecular formula is C35H36BrCl2N3O5S. The highest BCUT2D eigenvalue weighted by atomic mass is 79.9. The van der Waals surface area contributed by atoms with Gasteiger partial charge in [0.1, 0.15) is 18.3 Å². The van der Waals surface area contributed by atoms with Gasteiger partial charge in [-0.2, -0.15) is 0 Å². The largest absolute Gasteiger partial charge is 0.494 e. The number of benzene rings is 4. The van der Waals surface area contributed by atoms with Gasteiger partial charge in [0.05, 0.1) is 17.2 Å². The first-order valence-electron chi connectivity index (χ1n) is 15.1. The lowest BCUT2D eigenvalue weighted by Crippen LogP contribution is -2.53. The average Bonchev–Trinajstić information content (AvgIpc) is 3.06. The molecule has 1 N–H and O–H groups in total. The molecule has 248 valence electrons. The molecule has 12 heteroatoms. The average molecular weight is 762 g/mol. The second-order valence-corrected chi connectivity index (χ2v) is 14.3. The van der Waals surface area contributed by atoms with E-state index >= 15 is 0 Å². The van der Waals surface area contributed by atoms with Gasteiger partial charge in [-0.15, -0.1) is 0 Å². The Balaban J connectivity index is 1.81. The van der Waals surface area contributed by atoms with Crippen LogP contribution in [0.25, 0.3) is 0 Å². The van der Waals surface area contributed by atoms with Gasteiger partial charge < -0.3 is 15.0 Å². The number of sulfonamides is 1. The Bertz CT molecular complexity index is 1760. The number of nitrogens with zero attached hydrogens (tertiary/aromatic N) is 2. The minimum absolute atomic E-state index is 0.00351. The van der Waals surface area contributed by atoms with Gasteiger partial charge in [0.15, 0.2) is 0 Å². The lowest BCUT2D eigenvalue weighted by Gasteiger charge is -2.34. The molecule has 0 aliphatic rings. The lowest BCUT2D eigenvalue weighted by atomic mass is 10.0. The normalized spacial score (nSPS) is 11.9. The maximum atomic E-state index is 14.6. The summed E-state index contributed by atoms with van der Waals surface area (Å²) in [5.74, 6) is -0.409. The third-order valence-corrected chi connectivity index (χ3v) is 10.2. The van der Waals surface area contributed by atoms with Crippen molar-refractivity contribution >= 4 is 66.7 Å². The fourth-order valence-electron chi connectivity index (χ4n) is 4.89. The van der Waals surface area contributed by atoms with E-state index in [1.807, 2.05) is 44.2 Å². The van der Waals surface area contributed by atoms with E-state index in [1.165, 1.54) is 17.0 Å². The zero-order chi connectivity index (χ0) is 34.0. The van der Waals surface area contributed by atoms with Crippen molar-refractivity contribution in [1.82, 2.24) is 10.2 Å². The van der Waals surface area contributed by atoms with E-state index in [-0.39, 0.29) is 29.5 Å². The van der Waals surface area contributed by atoms with Crippen molar-refractivity contribution in [1.29, 1.82) is 0 Å². The van der Waals surface area contributed by atoms with E-state index < -0.39 is 28.5 Å². The van der Waals surface area contributed by atoms with Crippen molar-refractivity contribution in [3.05, 3.63) is 123 Å². The summed E-state index contributed by atoms with van der Waals surface area (Å²) < 4.78 is 35.7. The van der Waals surface area contributed by atoms with Crippen LogP contribution in [0.3, 0.4) is 0 Å². The van der Waals surface area contributed by atoms with Crippen molar-refractivity contribution in [2.24, 2.45) is 0 Å². The lowest BCUT2D eigenvalue weighted by molar-refractivity contribution is -0.140.